The molecule has 0 nitrogen and oxygen atoms in total. The van der Waals surface area contributed by atoms with Crippen molar-refractivity contribution in [2.45, 2.75) is 52.4 Å². The maximum atomic E-state index is 3.71. The SMILES string of the molecule is C=CCCCCC/C(=C/C)CC. The Morgan fingerprint density at radius 2 is 2.00 bits per heavy atom. The van der Waals surface area contributed by atoms with Crippen molar-refractivity contribution in [1.82, 2.24) is 0 Å². The first-order chi connectivity index (χ1) is 5.85. The fraction of sp³-hybridized carbons (Fsp3) is 0.667. The summed E-state index contributed by atoms with van der Waals surface area (Å²) in [5.41, 5.74) is 1.61. The van der Waals surface area contributed by atoms with Gasteiger partial charge in [-0.25, -0.2) is 0 Å². The lowest BCUT2D eigenvalue weighted by Gasteiger charge is -2.02. The Bertz CT molecular complexity index is 131. The fourth-order valence-corrected chi connectivity index (χ4v) is 1.34. The second kappa shape index (κ2) is 8.58. The van der Waals surface area contributed by atoms with Crippen LogP contribution in [0.15, 0.2) is 24.3 Å². The van der Waals surface area contributed by atoms with Gasteiger partial charge in [0.05, 0.1) is 0 Å². The lowest BCUT2D eigenvalue weighted by Crippen LogP contribution is -1.82. The van der Waals surface area contributed by atoms with Crippen molar-refractivity contribution in [3.8, 4) is 0 Å². The van der Waals surface area contributed by atoms with Crippen molar-refractivity contribution in [2.24, 2.45) is 0 Å². The summed E-state index contributed by atoms with van der Waals surface area (Å²) >= 11 is 0. The predicted molar refractivity (Wildman–Crippen MR) is 57.3 cm³/mol. The molecule has 0 aliphatic carbocycles. The molecule has 0 aromatic carbocycles. The predicted octanol–water partition coefficient (Wildman–Crippen LogP) is 4.48. The molecule has 0 bridgehead atoms. The zero-order valence-corrected chi connectivity index (χ0v) is 8.60. The third-order valence-electron chi connectivity index (χ3n) is 2.27. The molecule has 0 aliphatic rings. The molecule has 70 valence electrons. The highest BCUT2D eigenvalue weighted by Crippen LogP contribution is 2.12. The summed E-state index contributed by atoms with van der Waals surface area (Å²) in [5.74, 6) is 0. The van der Waals surface area contributed by atoms with Gasteiger partial charge in [-0.2, -0.15) is 0 Å². The van der Waals surface area contributed by atoms with Crippen LogP contribution >= 0.6 is 0 Å². The molecule has 12 heavy (non-hydrogen) atoms. The lowest BCUT2D eigenvalue weighted by molar-refractivity contribution is 0.675. The minimum atomic E-state index is 1.18. The third kappa shape index (κ3) is 6.21. The maximum absolute atomic E-state index is 3.71. The average molecular weight is 166 g/mol. The van der Waals surface area contributed by atoms with Crippen molar-refractivity contribution in [1.29, 1.82) is 0 Å². The van der Waals surface area contributed by atoms with Gasteiger partial charge < -0.3 is 0 Å². The van der Waals surface area contributed by atoms with E-state index in [1.54, 1.807) is 5.57 Å². The number of allylic oxidation sites excluding steroid dienone is 3. The molecule has 0 rings (SSSR count). The highest BCUT2D eigenvalue weighted by Gasteiger charge is 1.92. The van der Waals surface area contributed by atoms with Gasteiger partial charge in [-0.1, -0.05) is 31.1 Å². The zero-order chi connectivity index (χ0) is 9.23. The highest BCUT2D eigenvalue weighted by atomic mass is 14.0. The average Bonchev–Trinajstić information content (AvgIpc) is 2.11. The molecule has 0 fully saturated rings. The second-order valence-corrected chi connectivity index (χ2v) is 3.19. The topological polar surface area (TPSA) is 0 Å². The molecule has 0 atom stereocenters. The van der Waals surface area contributed by atoms with Crippen molar-refractivity contribution in [3.63, 3.8) is 0 Å². The van der Waals surface area contributed by atoms with Crippen molar-refractivity contribution in [3.05, 3.63) is 24.3 Å². The second-order valence-electron chi connectivity index (χ2n) is 3.19. The standard InChI is InChI=1S/C12H22/c1-4-7-8-9-10-11-12(5-2)6-3/h4-5H,1,6-11H2,2-3H3/b12-5+. The van der Waals surface area contributed by atoms with Crippen LogP contribution in [0.4, 0.5) is 0 Å². The van der Waals surface area contributed by atoms with Crippen LogP contribution in [-0.4, -0.2) is 0 Å². The quantitative estimate of drug-likeness (QED) is 0.386. The molecule has 0 saturated heterocycles. The normalized spacial score (nSPS) is 11.7. The first-order valence-corrected chi connectivity index (χ1v) is 5.10. The van der Waals surface area contributed by atoms with E-state index in [0.29, 0.717) is 0 Å². The Hall–Kier alpha value is -0.520. The van der Waals surface area contributed by atoms with E-state index in [4.69, 9.17) is 0 Å². The highest BCUT2D eigenvalue weighted by molar-refractivity contribution is 4.98. The van der Waals surface area contributed by atoms with E-state index < -0.39 is 0 Å². The molecule has 0 aliphatic heterocycles. The molecule has 0 saturated carbocycles. The molecule has 0 aromatic rings. The van der Waals surface area contributed by atoms with Crippen molar-refractivity contribution < 1.29 is 0 Å². The molecule has 0 amide bonds. The number of hydrogen-bond donors (Lipinski definition) is 0. The van der Waals surface area contributed by atoms with Gasteiger partial charge >= 0.3 is 0 Å². The van der Waals surface area contributed by atoms with Gasteiger partial charge in [-0.05, 0) is 39.0 Å². The lowest BCUT2D eigenvalue weighted by atomic mass is 10.0. The van der Waals surface area contributed by atoms with Gasteiger partial charge in [0.25, 0.3) is 0 Å². The van der Waals surface area contributed by atoms with E-state index >= 15 is 0 Å². The Morgan fingerprint density at radius 3 is 2.50 bits per heavy atom. The zero-order valence-electron chi connectivity index (χ0n) is 8.60. The Labute approximate surface area is 77.4 Å². The van der Waals surface area contributed by atoms with E-state index in [0.717, 1.165) is 0 Å². The molecular formula is C12H22. The van der Waals surface area contributed by atoms with Gasteiger partial charge in [0.2, 0.25) is 0 Å². The van der Waals surface area contributed by atoms with E-state index in [1.807, 2.05) is 6.08 Å². The molecule has 0 unspecified atom stereocenters. The number of unbranched alkanes of at least 4 members (excludes halogenated alkanes) is 3. The van der Waals surface area contributed by atoms with E-state index in [2.05, 4.69) is 26.5 Å². The number of hydrogen-bond acceptors (Lipinski definition) is 0. The van der Waals surface area contributed by atoms with Crippen LogP contribution in [0.2, 0.25) is 0 Å². The maximum Gasteiger partial charge on any atom is -0.0321 e. The summed E-state index contributed by atoms with van der Waals surface area (Å²) in [5, 5.41) is 0. The Balaban J connectivity index is 3.24. The summed E-state index contributed by atoms with van der Waals surface area (Å²) in [6, 6.07) is 0. The Kier molecular flexibility index (Phi) is 8.20. The summed E-state index contributed by atoms with van der Waals surface area (Å²) in [7, 11) is 0. The van der Waals surface area contributed by atoms with E-state index in [-0.39, 0.29) is 0 Å². The van der Waals surface area contributed by atoms with Crippen molar-refractivity contribution in [2.75, 3.05) is 0 Å². The van der Waals surface area contributed by atoms with Gasteiger partial charge in [-0.3, -0.25) is 0 Å². The van der Waals surface area contributed by atoms with Crippen LogP contribution in [0.3, 0.4) is 0 Å². The molecule has 0 heteroatoms. The first-order valence-electron chi connectivity index (χ1n) is 5.10. The van der Waals surface area contributed by atoms with Crippen LogP contribution < -0.4 is 0 Å². The largest absolute Gasteiger partial charge is 0.103 e. The molecule has 0 spiro atoms. The number of rotatable bonds is 7. The smallest absolute Gasteiger partial charge is 0.0321 e. The van der Waals surface area contributed by atoms with E-state index in [9.17, 15) is 0 Å². The van der Waals surface area contributed by atoms with Gasteiger partial charge in [0, 0.05) is 0 Å². The summed E-state index contributed by atoms with van der Waals surface area (Å²) in [6.45, 7) is 8.09. The monoisotopic (exact) mass is 166 g/mol. The first kappa shape index (κ1) is 11.5. The molecule has 0 N–H and O–H groups in total. The minimum absolute atomic E-state index is 1.18. The molecular weight excluding hydrogens is 144 g/mol. The van der Waals surface area contributed by atoms with E-state index in [1.165, 1.54) is 38.5 Å². The van der Waals surface area contributed by atoms with Crippen molar-refractivity contribution >= 4 is 0 Å². The van der Waals surface area contributed by atoms with Gasteiger partial charge in [0.15, 0.2) is 0 Å². The summed E-state index contributed by atoms with van der Waals surface area (Å²) < 4.78 is 0. The van der Waals surface area contributed by atoms with Crippen LogP contribution in [-0.2, 0) is 0 Å². The van der Waals surface area contributed by atoms with Crippen LogP contribution in [0.25, 0.3) is 0 Å². The Morgan fingerprint density at radius 1 is 1.25 bits per heavy atom. The van der Waals surface area contributed by atoms with Crippen LogP contribution in [0, 0.1) is 0 Å². The summed E-state index contributed by atoms with van der Waals surface area (Å²) in [4.78, 5) is 0. The van der Waals surface area contributed by atoms with Crippen LogP contribution in [0.5, 0.6) is 0 Å². The molecule has 0 heterocycles. The minimum Gasteiger partial charge on any atom is -0.103 e. The third-order valence-corrected chi connectivity index (χ3v) is 2.27. The molecule has 0 radical (unpaired) electrons. The van der Waals surface area contributed by atoms with Gasteiger partial charge in [-0.15, -0.1) is 6.58 Å². The summed E-state index contributed by atoms with van der Waals surface area (Å²) in [6.07, 6.45) is 12.0. The van der Waals surface area contributed by atoms with Crippen LogP contribution in [0.1, 0.15) is 52.4 Å². The van der Waals surface area contributed by atoms with Gasteiger partial charge in [0.1, 0.15) is 0 Å². The fourth-order valence-electron chi connectivity index (χ4n) is 1.34. The molecule has 0 aromatic heterocycles.